The molecule has 3 rings (SSSR count). The molecule has 0 atom stereocenters. The second-order valence-electron chi connectivity index (χ2n) is 5.60. The lowest BCUT2D eigenvalue weighted by atomic mass is 10.2. The van der Waals surface area contributed by atoms with Gasteiger partial charge in [-0.15, -0.1) is 0 Å². The number of halogens is 1. The summed E-state index contributed by atoms with van der Waals surface area (Å²) in [6.45, 7) is 1.90. The SMILES string of the molecule is COc1ccc(-n2ccc(C(=O)Nc3c(C)cc(Br)cc3OC)n2)cc1. The molecule has 1 aromatic heterocycles. The van der Waals surface area contributed by atoms with Crippen molar-refractivity contribution in [1.82, 2.24) is 9.78 Å². The lowest BCUT2D eigenvalue weighted by Gasteiger charge is -2.13. The van der Waals surface area contributed by atoms with Crippen molar-refractivity contribution in [3.05, 3.63) is 64.4 Å². The second-order valence-corrected chi connectivity index (χ2v) is 6.51. The molecule has 7 heteroatoms. The Labute approximate surface area is 159 Å². The Bertz CT molecular complexity index is 936. The number of nitrogens with zero attached hydrogens (tertiary/aromatic N) is 2. The highest BCUT2D eigenvalue weighted by Crippen LogP contribution is 2.32. The standard InChI is InChI=1S/C19H18BrN3O3/c1-12-10-13(20)11-17(26-3)18(12)21-19(24)16-8-9-23(22-16)14-4-6-15(25-2)7-5-14/h4-11H,1-3H3,(H,21,24). The van der Waals surface area contributed by atoms with Crippen molar-refractivity contribution in [3.8, 4) is 17.2 Å². The van der Waals surface area contributed by atoms with Crippen LogP contribution < -0.4 is 14.8 Å². The number of hydrogen-bond donors (Lipinski definition) is 1. The Kier molecular flexibility index (Phi) is 5.27. The summed E-state index contributed by atoms with van der Waals surface area (Å²) in [5.74, 6) is 1.04. The van der Waals surface area contributed by atoms with Crippen LogP contribution in [0.4, 0.5) is 5.69 Å². The minimum Gasteiger partial charge on any atom is -0.497 e. The molecule has 0 spiro atoms. The molecule has 0 aliphatic heterocycles. The number of carbonyl (C=O) groups excluding carboxylic acids is 1. The number of hydrogen-bond acceptors (Lipinski definition) is 4. The Morgan fingerprint density at radius 1 is 1.12 bits per heavy atom. The van der Waals surface area contributed by atoms with Gasteiger partial charge in [0.25, 0.3) is 5.91 Å². The number of rotatable bonds is 5. The number of anilines is 1. The first kappa shape index (κ1) is 18.0. The molecule has 2 aromatic carbocycles. The summed E-state index contributed by atoms with van der Waals surface area (Å²) in [6, 6.07) is 12.8. The van der Waals surface area contributed by atoms with E-state index in [2.05, 4.69) is 26.3 Å². The topological polar surface area (TPSA) is 65.4 Å². The third-order valence-corrected chi connectivity index (χ3v) is 4.34. The highest BCUT2D eigenvalue weighted by molar-refractivity contribution is 9.10. The van der Waals surface area contributed by atoms with E-state index in [9.17, 15) is 4.79 Å². The fourth-order valence-corrected chi connectivity index (χ4v) is 3.09. The van der Waals surface area contributed by atoms with E-state index in [1.54, 1.807) is 37.2 Å². The molecule has 26 heavy (non-hydrogen) atoms. The monoisotopic (exact) mass is 415 g/mol. The molecular weight excluding hydrogens is 398 g/mol. The van der Waals surface area contributed by atoms with Gasteiger partial charge in [0.15, 0.2) is 5.69 Å². The summed E-state index contributed by atoms with van der Waals surface area (Å²) >= 11 is 3.42. The zero-order valence-corrected chi connectivity index (χ0v) is 16.2. The average Bonchev–Trinajstić information content (AvgIpc) is 3.14. The first-order chi connectivity index (χ1) is 12.5. The van der Waals surface area contributed by atoms with Gasteiger partial charge in [-0.3, -0.25) is 4.79 Å². The van der Waals surface area contributed by atoms with Crippen LogP contribution in [-0.4, -0.2) is 29.9 Å². The second kappa shape index (κ2) is 7.61. The highest BCUT2D eigenvalue weighted by Gasteiger charge is 2.15. The van der Waals surface area contributed by atoms with E-state index < -0.39 is 0 Å². The molecule has 134 valence electrons. The minimum atomic E-state index is -0.305. The molecule has 0 radical (unpaired) electrons. The van der Waals surface area contributed by atoms with Gasteiger partial charge in [-0.2, -0.15) is 5.10 Å². The van der Waals surface area contributed by atoms with Crippen molar-refractivity contribution in [2.45, 2.75) is 6.92 Å². The number of aryl methyl sites for hydroxylation is 1. The largest absolute Gasteiger partial charge is 0.497 e. The summed E-state index contributed by atoms with van der Waals surface area (Å²) in [5.41, 5.74) is 2.66. The molecule has 3 aromatic rings. The van der Waals surface area contributed by atoms with Gasteiger partial charge >= 0.3 is 0 Å². The Morgan fingerprint density at radius 3 is 2.50 bits per heavy atom. The number of amides is 1. The first-order valence-corrected chi connectivity index (χ1v) is 8.66. The van der Waals surface area contributed by atoms with Crippen LogP contribution in [0.5, 0.6) is 11.5 Å². The molecule has 0 unspecified atom stereocenters. The van der Waals surface area contributed by atoms with Crippen molar-refractivity contribution >= 4 is 27.5 Å². The van der Waals surface area contributed by atoms with Crippen LogP contribution in [0.25, 0.3) is 5.69 Å². The van der Waals surface area contributed by atoms with Crippen molar-refractivity contribution in [1.29, 1.82) is 0 Å². The lowest BCUT2D eigenvalue weighted by Crippen LogP contribution is -2.15. The van der Waals surface area contributed by atoms with Crippen molar-refractivity contribution < 1.29 is 14.3 Å². The van der Waals surface area contributed by atoms with Crippen molar-refractivity contribution in [2.24, 2.45) is 0 Å². The first-order valence-electron chi connectivity index (χ1n) is 7.87. The van der Waals surface area contributed by atoms with Crippen LogP contribution >= 0.6 is 15.9 Å². The quantitative estimate of drug-likeness (QED) is 0.677. The zero-order valence-electron chi connectivity index (χ0n) is 14.6. The Morgan fingerprint density at radius 2 is 1.85 bits per heavy atom. The van der Waals surface area contributed by atoms with E-state index >= 15 is 0 Å². The van der Waals surface area contributed by atoms with Crippen LogP contribution in [0, 0.1) is 6.92 Å². The summed E-state index contributed by atoms with van der Waals surface area (Å²) in [7, 11) is 3.18. The Balaban J connectivity index is 1.82. The van der Waals surface area contributed by atoms with E-state index in [0.29, 0.717) is 17.1 Å². The zero-order chi connectivity index (χ0) is 18.7. The summed E-state index contributed by atoms with van der Waals surface area (Å²) in [6.07, 6.45) is 1.74. The molecule has 1 N–H and O–H groups in total. The molecule has 0 aliphatic carbocycles. The molecule has 0 bridgehead atoms. The van der Waals surface area contributed by atoms with Gasteiger partial charge in [-0.1, -0.05) is 15.9 Å². The molecule has 0 fully saturated rings. The van der Waals surface area contributed by atoms with Crippen molar-refractivity contribution in [2.75, 3.05) is 19.5 Å². The molecule has 1 heterocycles. The molecule has 0 aliphatic rings. The molecular formula is C19H18BrN3O3. The average molecular weight is 416 g/mol. The predicted octanol–water partition coefficient (Wildman–Crippen LogP) is 4.21. The van der Waals surface area contributed by atoms with Gasteiger partial charge in [0, 0.05) is 10.7 Å². The van der Waals surface area contributed by atoms with Gasteiger partial charge in [0.05, 0.1) is 25.6 Å². The smallest absolute Gasteiger partial charge is 0.276 e. The third kappa shape index (κ3) is 3.72. The van der Waals surface area contributed by atoms with Gasteiger partial charge in [0.1, 0.15) is 11.5 Å². The van der Waals surface area contributed by atoms with Gasteiger partial charge in [-0.05, 0) is 55.0 Å². The molecule has 0 saturated carbocycles. The number of benzene rings is 2. The predicted molar refractivity (Wildman–Crippen MR) is 104 cm³/mol. The summed E-state index contributed by atoms with van der Waals surface area (Å²) in [4.78, 5) is 12.6. The molecule has 1 amide bonds. The number of aromatic nitrogens is 2. The van der Waals surface area contributed by atoms with Gasteiger partial charge in [-0.25, -0.2) is 4.68 Å². The van der Waals surface area contributed by atoms with Crippen LogP contribution in [0.15, 0.2) is 53.1 Å². The number of ether oxygens (including phenoxy) is 2. The molecule has 0 saturated heterocycles. The normalized spacial score (nSPS) is 10.5. The van der Waals surface area contributed by atoms with E-state index in [1.807, 2.05) is 37.3 Å². The van der Waals surface area contributed by atoms with E-state index in [0.717, 1.165) is 21.5 Å². The number of methoxy groups -OCH3 is 2. The van der Waals surface area contributed by atoms with Crippen molar-refractivity contribution in [3.63, 3.8) is 0 Å². The van der Waals surface area contributed by atoms with Gasteiger partial charge < -0.3 is 14.8 Å². The van der Waals surface area contributed by atoms with E-state index in [1.165, 1.54) is 0 Å². The summed E-state index contributed by atoms with van der Waals surface area (Å²) in [5, 5.41) is 7.22. The Hall–Kier alpha value is -2.80. The van der Waals surface area contributed by atoms with E-state index in [-0.39, 0.29) is 5.91 Å². The minimum absolute atomic E-state index is 0.305. The lowest BCUT2D eigenvalue weighted by molar-refractivity contribution is 0.102. The fraction of sp³-hybridized carbons (Fsp3) is 0.158. The fourth-order valence-electron chi connectivity index (χ4n) is 2.53. The van der Waals surface area contributed by atoms with Gasteiger partial charge in [0.2, 0.25) is 0 Å². The summed E-state index contributed by atoms with van der Waals surface area (Å²) < 4.78 is 13.0. The highest BCUT2D eigenvalue weighted by atomic mass is 79.9. The number of carbonyl (C=O) groups is 1. The van der Waals surface area contributed by atoms with Crippen LogP contribution in [0.2, 0.25) is 0 Å². The third-order valence-electron chi connectivity index (χ3n) is 3.88. The maximum Gasteiger partial charge on any atom is 0.276 e. The number of nitrogens with one attached hydrogen (secondary N) is 1. The van der Waals surface area contributed by atoms with Crippen LogP contribution in [0.3, 0.4) is 0 Å². The maximum atomic E-state index is 12.6. The van der Waals surface area contributed by atoms with E-state index in [4.69, 9.17) is 9.47 Å². The molecule has 6 nitrogen and oxygen atoms in total. The van der Waals surface area contributed by atoms with Crippen LogP contribution in [0.1, 0.15) is 16.1 Å². The van der Waals surface area contributed by atoms with Crippen LogP contribution in [-0.2, 0) is 0 Å². The maximum absolute atomic E-state index is 12.6.